The first-order valence-electron chi connectivity index (χ1n) is 8.45. The van der Waals surface area contributed by atoms with E-state index in [-0.39, 0.29) is 0 Å². The fourth-order valence-corrected chi connectivity index (χ4v) is 4.37. The van der Waals surface area contributed by atoms with Crippen LogP contribution in [0.3, 0.4) is 0 Å². The van der Waals surface area contributed by atoms with Crippen molar-refractivity contribution in [3.05, 3.63) is 72.4 Å². The van der Waals surface area contributed by atoms with Crippen molar-refractivity contribution in [1.82, 2.24) is 4.98 Å². The molecule has 1 aliphatic carbocycles. The number of fused-ring (bicyclic) bond motifs is 1. The highest BCUT2D eigenvalue weighted by Crippen LogP contribution is 2.44. The molecule has 116 valence electrons. The van der Waals surface area contributed by atoms with Gasteiger partial charge in [0.15, 0.2) is 0 Å². The monoisotopic (exact) mass is 319 g/mol. The van der Waals surface area contributed by atoms with Gasteiger partial charge in [-0.3, -0.25) is 4.98 Å². The average molecular weight is 319 g/mol. The maximum Gasteiger partial charge on any atom is 0.0837 e. The Morgan fingerprint density at radius 2 is 1.78 bits per heavy atom. The molecule has 1 heterocycles. The van der Waals surface area contributed by atoms with Gasteiger partial charge in [0.05, 0.1) is 5.52 Å². The minimum Gasteiger partial charge on any atom is -0.255 e. The van der Waals surface area contributed by atoms with Crippen LogP contribution in [0, 0.1) is 5.92 Å². The molecule has 1 aliphatic rings. The molecule has 0 saturated heterocycles. The van der Waals surface area contributed by atoms with E-state index in [1.165, 1.54) is 41.5 Å². The third-order valence-electron chi connectivity index (χ3n) is 4.57. The van der Waals surface area contributed by atoms with E-state index in [1.54, 1.807) is 0 Å². The van der Waals surface area contributed by atoms with E-state index < -0.39 is 0 Å². The lowest BCUT2D eigenvalue weighted by molar-refractivity contribution is 0.658. The minimum atomic E-state index is 0.518. The Morgan fingerprint density at radius 1 is 0.957 bits per heavy atom. The fourth-order valence-electron chi connectivity index (χ4n) is 3.08. The lowest BCUT2D eigenvalue weighted by atomic mass is 10.1. The van der Waals surface area contributed by atoms with Crippen molar-refractivity contribution in [3.8, 4) is 0 Å². The predicted molar refractivity (Wildman–Crippen MR) is 98.7 cm³/mol. The molecule has 2 aromatic carbocycles. The zero-order chi connectivity index (χ0) is 15.5. The molecule has 1 aromatic heterocycles. The second-order valence-corrected chi connectivity index (χ2v) is 7.61. The minimum absolute atomic E-state index is 0.518. The van der Waals surface area contributed by atoms with Gasteiger partial charge >= 0.3 is 0 Å². The van der Waals surface area contributed by atoms with E-state index in [0.29, 0.717) is 5.25 Å². The van der Waals surface area contributed by atoms with E-state index in [4.69, 9.17) is 0 Å². The van der Waals surface area contributed by atoms with Crippen LogP contribution in [0.15, 0.2) is 71.8 Å². The van der Waals surface area contributed by atoms with E-state index in [9.17, 15) is 0 Å². The van der Waals surface area contributed by atoms with Crippen LogP contribution in [0.1, 0.15) is 36.5 Å². The third kappa shape index (κ3) is 3.59. The van der Waals surface area contributed by atoms with Crippen molar-refractivity contribution < 1.29 is 0 Å². The molecule has 1 nitrogen and oxygen atoms in total. The number of benzene rings is 2. The van der Waals surface area contributed by atoms with Crippen LogP contribution >= 0.6 is 11.8 Å². The summed E-state index contributed by atoms with van der Waals surface area (Å²) in [6.07, 6.45) is 7.37. The van der Waals surface area contributed by atoms with Crippen LogP contribution in [0.4, 0.5) is 0 Å². The number of hydrogen-bond donors (Lipinski definition) is 0. The van der Waals surface area contributed by atoms with Crippen LogP contribution in [0.5, 0.6) is 0 Å². The SMILES string of the molecule is c1ccc(C(CCC2CC2)Sc2cccc3cccnc23)cc1. The summed E-state index contributed by atoms with van der Waals surface area (Å²) < 4.78 is 0. The number of nitrogens with zero attached hydrogens (tertiary/aromatic N) is 1. The van der Waals surface area contributed by atoms with Crippen molar-refractivity contribution in [2.24, 2.45) is 5.92 Å². The summed E-state index contributed by atoms with van der Waals surface area (Å²) >= 11 is 1.98. The molecule has 23 heavy (non-hydrogen) atoms. The number of aromatic nitrogens is 1. The van der Waals surface area contributed by atoms with Crippen LogP contribution in [0.25, 0.3) is 10.9 Å². The number of para-hydroxylation sites is 1. The summed E-state index contributed by atoms with van der Waals surface area (Å²) in [5.41, 5.74) is 2.57. The predicted octanol–water partition coefficient (Wildman–Crippen LogP) is 6.26. The van der Waals surface area contributed by atoms with Crippen molar-refractivity contribution in [3.63, 3.8) is 0 Å². The number of rotatable bonds is 6. The summed E-state index contributed by atoms with van der Waals surface area (Å²) in [6.45, 7) is 0. The Labute approximate surface area is 142 Å². The molecule has 0 bridgehead atoms. The number of thioether (sulfide) groups is 1. The highest BCUT2D eigenvalue weighted by atomic mass is 32.2. The topological polar surface area (TPSA) is 12.9 Å². The Balaban J connectivity index is 1.63. The highest BCUT2D eigenvalue weighted by Gasteiger charge is 2.24. The van der Waals surface area contributed by atoms with Crippen LogP contribution < -0.4 is 0 Å². The van der Waals surface area contributed by atoms with Gasteiger partial charge < -0.3 is 0 Å². The summed E-state index contributed by atoms with van der Waals surface area (Å²) in [5.74, 6) is 0.979. The zero-order valence-electron chi connectivity index (χ0n) is 13.2. The van der Waals surface area contributed by atoms with Crippen LogP contribution in [0.2, 0.25) is 0 Å². The molecule has 3 aromatic rings. The van der Waals surface area contributed by atoms with Gasteiger partial charge in [0.25, 0.3) is 0 Å². The van der Waals surface area contributed by atoms with Gasteiger partial charge in [-0.1, -0.05) is 61.4 Å². The Kier molecular flexibility index (Phi) is 4.34. The number of hydrogen-bond acceptors (Lipinski definition) is 2. The molecule has 0 aliphatic heterocycles. The average Bonchev–Trinajstić information content (AvgIpc) is 3.44. The molecule has 0 amide bonds. The molecular formula is C21H21NS. The molecule has 2 heteroatoms. The molecule has 1 atom stereocenters. The van der Waals surface area contributed by atoms with E-state index in [2.05, 4.69) is 59.6 Å². The lowest BCUT2D eigenvalue weighted by Crippen LogP contribution is -1.96. The quantitative estimate of drug-likeness (QED) is 0.497. The molecule has 0 spiro atoms. The van der Waals surface area contributed by atoms with Crippen molar-refractivity contribution in [2.75, 3.05) is 0 Å². The summed E-state index contributed by atoms with van der Waals surface area (Å²) in [7, 11) is 0. The number of pyridine rings is 1. The first-order chi connectivity index (χ1) is 11.4. The second-order valence-electron chi connectivity index (χ2n) is 6.37. The standard InChI is InChI=1S/C21H21NS/c1-2-6-17(7-3-1)19(14-13-16-11-12-16)23-20-10-4-8-18-9-5-15-22-21(18)20/h1-10,15-16,19H,11-14H2. The largest absolute Gasteiger partial charge is 0.255 e. The van der Waals surface area contributed by atoms with E-state index >= 15 is 0 Å². The smallest absolute Gasteiger partial charge is 0.0837 e. The summed E-state index contributed by atoms with van der Waals surface area (Å²) in [4.78, 5) is 5.91. The molecular weight excluding hydrogens is 298 g/mol. The van der Waals surface area contributed by atoms with Crippen LogP contribution in [-0.2, 0) is 0 Å². The first kappa shape index (κ1) is 14.8. The summed E-state index contributed by atoms with van der Waals surface area (Å²) in [5, 5.41) is 1.75. The van der Waals surface area contributed by atoms with Gasteiger partial charge in [-0.15, -0.1) is 11.8 Å². The van der Waals surface area contributed by atoms with E-state index in [1.807, 2.05) is 24.0 Å². The second kappa shape index (κ2) is 6.76. The van der Waals surface area contributed by atoms with Crippen LogP contribution in [-0.4, -0.2) is 4.98 Å². The lowest BCUT2D eigenvalue weighted by Gasteiger charge is -2.18. The van der Waals surface area contributed by atoms with Gasteiger partial charge in [-0.25, -0.2) is 0 Å². The Hall–Kier alpha value is -1.80. The molecule has 1 saturated carbocycles. The highest BCUT2D eigenvalue weighted by molar-refractivity contribution is 7.99. The van der Waals surface area contributed by atoms with Gasteiger partial charge in [0, 0.05) is 21.7 Å². The maximum absolute atomic E-state index is 4.61. The van der Waals surface area contributed by atoms with Crippen molar-refractivity contribution >= 4 is 22.7 Å². The summed E-state index contributed by atoms with van der Waals surface area (Å²) in [6, 6.07) is 21.6. The van der Waals surface area contributed by atoms with Gasteiger partial charge in [-0.05, 0) is 36.5 Å². The van der Waals surface area contributed by atoms with Gasteiger partial charge in [0.1, 0.15) is 0 Å². The van der Waals surface area contributed by atoms with Gasteiger partial charge in [0.2, 0.25) is 0 Å². The molecule has 0 N–H and O–H groups in total. The van der Waals surface area contributed by atoms with Crippen molar-refractivity contribution in [1.29, 1.82) is 0 Å². The maximum atomic E-state index is 4.61. The first-order valence-corrected chi connectivity index (χ1v) is 9.33. The van der Waals surface area contributed by atoms with E-state index in [0.717, 1.165) is 11.4 Å². The molecule has 4 rings (SSSR count). The van der Waals surface area contributed by atoms with Gasteiger partial charge in [-0.2, -0.15) is 0 Å². The molecule has 1 unspecified atom stereocenters. The Bertz CT molecular complexity index is 775. The van der Waals surface area contributed by atoms with Crippen molar-refractivity contribution in [2.45, 2.75) is 35.8 Å². The molecule has 1 fully saturated rings. The Morgan fingerprint density at radius 3 is 2.61 bits per heavy atom. The zero-order valence-corrected chi connectivity index (χ0v) is 14.0. The third-order valence-corrected chi connectivity index (χ3v) is 5.95. The normalized spacial score (nSPS) is 15.7. The molecule has 0 radical (unpaired) electrons. The fraction of sp³-hybridized carbons (Fsp3) is 0.286.